The summed E-state index contributed by atoms with van der Waals surface area (Å²) in [4.78, 5) is 4.82. The van der Waals surface area contributed by atoms with Crippen LogP contribution in [0.2, 0.25) is 0 Å². The third-order valence-electron chi connectivity index (χ3n) is 5.20. The van der Waals surface area contributed by atoms with Crippen molar-refractivity contribution < 1.29 is 0 Å². The Balaban J connectivity index is 2.16. The Morgan fingerprint density at radius 1 is 1.32 bits per heavy atom. The molecule has 3 nitrogen and oxygen atoms in total. The summed E-state index contributed by atoms with van der Waals surface area (Å²) < 4.78 is 2.37. The van der Waals surface area contributed by atoms with E-state index in [4.69, 9.17) is 10.7 Å². The fraction of sp³-hybridized carbons (Fsp3) is 0.526. The van der Waals surface area contributed by atoms with Gasteiger partial charge in [-0.05, 0) is 36.9 Å². The molecule has 0 spiro atoms. The molecule has 1 unspecified atom stereocenters. The van der Waals surface area contributed by atoms with Crippen molar-refractivity contribution in [2.45, 2.75) is 40.5 Å². The van der Waals surface area contributed by atoms with E-state index in [9.17, 15) is 0 Å². The first-order valence-corrected chi connectivity index (χ1v) is 8.34. The maximum Gasteiger partial charge on any atom is 0.115 e. The predicted octanol–water partition coefficient (Wildman–Crippen LogP) is 4.08. The standard InChI is InChI=1S/C19H27N3/c1-13(2)14-9-10-17(19(14,3)4)22-16-8-6-5-7-15(16)21-18(22)11-12-20/h5-8,10,13-14H,9,11-12,20H2,1-4H3. The van der Waals surface area contributed by atoms with Gasteiger partial charge in [0, 0.05) is 17.5 Å². The van der Waals surface area contributed by atoms with Crippen LogP contribution < -0.4 is 5.73 Å². The molecule has 1 aromatic carbocycles. The van der Waals surface area contributed by atoms with Crippen molar-refractivity contribution in [3.8, 4) is 0 Å². The summed E-state index contributed by atoms with van der Waals surface area (Å²) in [6.07, 6.45) is 4.38. The van der Waals surface area contributed by atoms with E-state index < -0.39 is 0 Å². The maximum absolute atomic E-state index is 5.82. The van der Waals surface area contributed by atoms with Gasteiger partial charge in [-0.2, -0.15) is 0 Å². The van der Waals surface area contributed by atoms with Crippen LogP contribution in [0.5, 0.6) is 0 Å². The molecule has 0 amide bonds. The number of benzene rings is 1. The van der Waals surface area contributed by atoms with E-state index in [2.05, 4.69) is 62.6 Å². The zero-order valence-corrected chi connectivity index (χ0v) is 14.1. The second-order valence-corrected chi connectivity index (χ2v) is 7.29. The number of allylic oxidation sites excluding steroid dienone is 2. The number of aromatic nitrogens is 2. The first-order chi connectivity index (χ1) is 10.5. The lowest BCUT2D eigenvalue weighted by Crippen LogP contribution is -2.27. The van der Waals surface area contributed by atoms with Crippen molar-refractivity contribution in [2.24, 2.45) is 23.0 Å². The van der Waals surface area contributed by atoms with Gasteiger partial charge in [0.25, 0.3) is 0 Å². The molecule has 118 valence electrons. The molecule has 0 saturated carbocycles. The molecule has 0 radical (unpaired) electrons. The Hall–Kier alpha value is -1.61. The number of rotatable bonds is 4. The van der Waals surface area contributed by atoms with Gasteiger partial charge in [0.05, 0.1) is 11.0 Å². The fourth-order valence-corrected chi connectivity index (χ4v) is 4.11. The van der Waals surface area contributed by atoms with E-state index in [0.29, 0.717) is 18.4 Å². The summed E-state index contributed by atoms with van der Waals surface area (Å²) in [7, 11) is 0. The molecule has 0 aliphatic heterocycles. The lowest BCUT2D eigenvalue weighted by Gasteiger charge is -2.34. The minimum absolute atomic E-state index is 0.154. The van der Waals surface area contributed by atoms with Crippen LogP contribution in [0.1, 0.15) is 39.9 Å². The monoisotopic (exact) mass is 297 g/mol. The van der Waals surface area contributed by atoms with Crippen LogP contribution in [0.3, 0.4) is 0 Å². The highest BCUT2D eigenvalue weighted by molar-refractivity contribution is 5.81. The topological polar surface area (TPSA) is 43.8 Å². The SMILES string of the molecule is CC(C)C1CC=C(n2c(CCN)nc3ccccc32)C1(C)C. The second kappa shape index (κ2) is 5.54. The first-order valence-electron chi connectivity index (χ1n) is 8.34. The number of imidazole rings is 1. The second-order valence-electron chi connectivity index (χ2n) is 7.29. The van der Waals surface area contributed by atoms with Crippen LogP contribution in [0.4, 0.5) is 0 Å². The maximum atomic E-state index is 5.82. The summed E-state index contributed by atoms with van der Waals surface area (Å²) in [6.45, 7) is 10.0. The van der Waals surface area contributed by atoms with E-state index in [1.807, 2.05) is 0 Å². The van der Waals surface area contributed by atoms with Gasteiger partial charge in [-0.3, -0.25) is 4.57 Å². The lowest BCUT2D eigenvalue weighted by molar-refractivity contribution is 0.236. The van der Waals surface area contributed by atoms with Crippen molar-refractivity contribution in [3.05, 3.63) is 36.2 Å². The van der Waals surface area contributed by atoms with Crippen LogP contribution in [0, 0.1) is 17.3 Å². The van der Waals surface area contributed by atoms with Gasteiger partial charge in [0.2, 0.25) is 0 Å². The Bertz CT molecular complexity index is 707. The normalized spacial score (nSPS) is 20.8. The number of nitrogens with two attached hydrogens (primary N) is 1. The van der Waals surface area contributed by atoms with Crippen LogP contribution in [0.25, 0.3) is 16.7 Å². The summed E-state index contributed by atoms with van der Waals surface area (Å²) in [5.74, 6) is 2.44. The zero-order chi connectivity index (χ0) is 15.9. The molecule has 0 saturated heterocycles. The molecule has 1 atom stereocenters. The van der Waals surface area contributed by atoms with Crippen molar-refractivity contribution in [2.75, 3.05) is 6.54 Å². The highest BCUT2D eigenvalue weighted by atomic mass is 15.1. The molecule has 3 rings (SSSR count). The van der Waals surface area contributed by atoms with Gasteiger partial charge in [-0.15, -0.1) is 0 Å². The van der Waals surface area contributed by atoms with Gasteiger partial charge >= 0.3 is 0 Å². The molecule has 1 heterocycles. The lowest BCUT2D eigenvalue weighted by atomic mass is 9.74. The fourth-order valence-electron chi connectivity index (χ4n) is 4.11. The summed E-state index contributed by atoms with van der Waals surface area (Å²) in [5.41, 5.74) is 9.63. The van der Waals surface area contributed by atoms with Gasteiger partial charge in [-0.25, -0.2) is 4.98 Å². The van der Waals surface area contributed by atoms with Crippen molar-refractivity contribution >= 4 is 16.7 Å². The van der Waals surface area contributed by atoms with Crippen LogP contribution >= 0.6 is 0 Å². The minimum Gasteiger partial charge on any atom is -0.330 e. The molecule has 1 aliphatic carbocycles. The number of hydrogen-bond acceptors (Lipinski definition) is 2. The van der Waals surface area contributed by atoms with Crippen molar-refractivity contribution in [3.63, 3.8) is 0 Å². The predicted molar refractivity (Wildman–Crippen MR) is 93.5 cm³/mol. The molecule has 22 heavy (non-hydrogen) atoms. The largest absolute Gasteiger partial charge is 0.330 e. The smallest absolute Gasteiger partial charge is 0.115 e. The average Bonchev–Trinajstić information content (AvgIpc) is 2.95. The van der Waals surface area contributed by atoms with E-state index in [1.54, 1.807) is 0 Å². The van der Waals surface area contributed by atoms with E-state index >= 15 is 0 Å². The molecular formula is C19H27N3. The number of nitrogens with zero attached hydrogens (tertiary/aromatic N) is 2. The zero-order valence-electron chi connectivity index (χ0n) is 14.1. The molecule has 2 N–H and O–H groups in total. The minimum atomic E-state index is 0.154. The van der Waals surface area contributed by atoms with Crippen molar-refractivity contribution in [1.82, 2.24) is 9.55 Å². The summed E-state index contributed by atoms with van der Waals surface area (Å²) in [6, 6.07) is 8.41. The van der Waals surface area contributed by atoms with Gasteiger partial charge in [-0.1, -0.05) is 45.9 Å². The average molecular weight is 297 g/mol. The highest BCUT2D eigenvalue weighted by Crippen LogP contribution is 2.50. The number of fused-ring (bicyclic) bond motifs is 1. The first kappa shape index (κ1) is 15.3. The van der Waals surface area contributed by atoms with E-state index in [1.165, 1.54) is 11.2 Å². The Labute approximate surface area is 133 Å². The van der Waals surface area contributed by atoms with Crippen LogP contribution in [-0.4, -0.2) is 16.1 Å². The van der Waals surface area contributed by atoms with E-state index in [0.717, 1.165) is 24.2 Å². The van der Waals surface area contributed by atoms with Crippen LogP contribution in [-0.2, 0) is 6.42 Å². The molecule has 1 aromatic heterocycles. The summed E-state index contributed by atoms with van der Waals surface area (Å²) >= 11 is 0. The molecular weight excluding hydrogens is 270 g/mol. The molecule has 3 heteroatoms. The highest BCUT2D eigenvalue weighted by Gasteiger charge is 2.40. The molecule has 1 aliphatic rings. The Morgan fingerprint density at radius 2 is 2.05 bits per heavy atom. The third-order valence-corrected chi connectivity index (χ3v) is 5.20. The van der Waals surface area contributed by atoms with Gasteiger partial charge in [0.15, 0.2) is 0 Å². The number of hydrogen-bond donors (Lipinski definition) is 1. The molecule has 0 bridgehead atoms. The third kappa shape index (κ3) is 2.28. The molecule has 2 aromatic rings. The number of para-hydroxylation sites is 2. The molecule has 0 fully saturated rings. The van der Waals surface area contributed by atoms with Crippen LogP contribution in [0.15, 0.2) is 30.3 Å². The van der Waals surface area contributed by atoms with E-state index in [-0.39, 0.29) is 5.41 Å². The summed E-state index contributed by atoms with van der Waals surface area (Å²) in [5, 5.41) is 0. The van der Waals surface area contributed by atoms with Gasteiger partial charge in [0.1, 0.15) is 5.82 Å². The quantitative estimate of drug-likeness (QED) is 0.924. The Morgan fingerprint density at radius 3 is 2.68 bits per heavy atom. The Kier molecular flexibility index (Phi) is 3.85. The van der Waals surface area contributed by atoms with Crippen molar-refractivity contribution in [1.29, 1.82) is 0 Å². The van der Waals surface area contributed by atoms with Gasteiger partial charge < -0.3 is 5.73 Å².